The summed E-state index contributed by atoms with van der Waals surface area (Å²) >= 11 is 3.43. The number of esters is 1. The summed E-state index contributed by atoms with van der Waals surface area (Å²) in [6.45, 7) is 2.12. The Balaban J connectivity index is 2.14. The molecule has 0 N–H and O–H groups in total. The predicted octanol–water partition coefficient (Wildman–Crippen LogP) is 3.72. The van der Waals surface area contributed by atoms with Gasteiger partial charge < -0.3 is 4.74 Å². The van der Waals surface area contributed by atoms with Crippen LogP contribution in [0.2, 0.25) is 0 Å². The minimum Gasteiger partial charge on any atom is -0.426 e. The smallest absolute Gasteiger partial charge is 0.314 e. The molecule has 0 heterocycles. The maximum atomic E-state index is 11.6. The van der Waals surface area contributed by atoms with Crippen molar-refractivity contribution in [3.8, 4) is 5.75 Å². The van der Waals surface area contributed by atoms with Crippen LogP contribution in [0.1, 0.15) is 31.7 Å². The average molecular weight is 283 g/mol. The van der Waals surface area contributed by atoms with Crippen molar-refractivity contribution < 1.29 is 9.53 Å². The molecule has 3 heteroatoms. The van der Waals surface area contributed by atoms with E-state index >= 15 is 0 Å². The summed E-state index contributed by atoms with van der Waals surface area (Å²) in [4.78, 5) is 11.6. The Bertz CT molecular complexity index is 397. The van der Waals surface area contributed by atoms with Gasteiger partial charge in [0.15, 0.2) is 0 Å². The number of carbonyl (C=O) groups excluding carboxylic acids is 1. The fraction of sp³-hybridized carbons (Fsp3) is 0.462. The molecule has 1 aromatic rings. The van der Waals surface area contributed by atoms with Gasteiger partial charge in [-0.05, 0) is 43.0 Å². The lowest BCUT2D eigenvalue weighted by molar-refractivity contribution is -0.135. The summed E-state index contributed by atoms with van der Waals surface area (Å²) in [7, 11) is 0. The molecule has 1 aliphatic rings. The molecule has 16 heavy (non-hydrogen) atoms. The van der Waals surface area contributed by atoms with Crippen LogP contribution in [0.15, 0.2) is 22.7 Å². The summed E-state index contributed by atoms with van der Waals surface area (Å²) < 4.78 is 6.45. The Hall–Kier alpha value is -0.830. The molecule has 0 spiro atoms. The zero-order valence-electron chi connectivity index (χ0n) is 9.33. The lowest BCUT2D eigenvalue weighted by Crippen LogP contribution is -2.11. The molecule has 86 valence electrons. The third kappa shape index (κ3) is 2.85. The van der Waals surface area contributed by atoms with Crippen LogP contribution in [-0.2, 0) is 11.2 Å². The topological polar surface area (TPSA) is 26.3 Å². The second kappa shape index (κ2) is 5.00. The molecule has 0 atom stereocenters. The molecule has 1 saturated carbocycles. The third-order valence-corrected chi connectivity index (χ3v) is 3.16. The Morgan fingerprint density at radius 1 is 1.50 bits per heavy atom. The molecular weight excluding hydrogens is 268 g/mol. The van der Waals surface area contributed by atoms with Crippen molar-refractivity contribution >= 4 is 21.9 Å². The Morgan fingerprint density at radius 2 is 2.25 bits per heavy atom. The number of carbonyl (C=O) groups is 1. The fourth-order valence-electron chi connectivity index (χ4n) is 1.62. The van der Waals surface area contributed by atoms with Crippen molar-refractivity contribution in [3.05, 3.63) is 28.2 Å². The minimum absolute atomic E-state index is 0.0697. The zero-order chi connectivity index (χ0) is 11.5. The summed E-state index contributed by atoms with van der Waals surface area (Å²) in [6, 6.07) is 5.81. The lowest BCUT2D eigenvalue weighted by atomic mass is 10.1. The van der Waals surface area contributed by atoms with E-state index in [1.807, 2.05) is 18.2 Å². The number of hydrogen-bond acceptors (Lipinski definition) is 2. The van der Waals surface area contributed by atoms with Gasteiger partial charge in [0.25, 0.3) is 0 Å². The van der Waals surface area contributed by atoms with Gasteiger partial charge in [0.05, 0.1) is 5.92 Å². The third-order valence-electron chi connectivity index (χ3n) is 2.66. The average Bonchev–Trinajstić information content (AvgIpc) is 3.06. The maximum Gasteiger partial charge on any atom is 0.314 e. The number of ether oxygens (including phenoxy) is 1. The van der Waals surface area contributed by atoms with Gasteiger partial charge in [-0.2, -0.15) is 0 Å². The van der Waals surface area contributed by atoms with E-state index in [0.29, 0.717) is 0 Å². The zero-order valence-corrected chi connectivity index (χ0v) is 10.9. The Morgan fingerprint density at radius 3 is 2.88 bits per heavy atom. The SMILES string of the molecule is CCCc1cc(Br)ccc1OC(=O)C1CC1. The number of hydrogen-bond donors (Lipinski definition) is 0. The quantitative estimate of drug-likeness (QED) is 0.622. The van der Waals surface area contributed by atoms with Gasteiger partial charge in [0.1, 0.15) is 5.75 Å². The first-order valence-corrected chi connectivity index (χ1v) is 6.50. The summed E-state index contributed by atoms with van der Waals surface area (Å²) in [6.07, 6.45) is 3.95. The molecule has 1 aliphatic carbocycles. The van der Waals surface area contributed by atoms with Crippen LogP contribution < -0.4 is 4.74 Å². The normalized spacial score (nSPS) is 14.9. The van der Waals surface area contributed by atoms with Crippen molar-refractivity contribution in [1.29, 1.82) is 0 Å². The monoisotopic (exact) mass is 282 g/mol. The predicted molar refractivity (Wildman–Crippen MR) is 66.5 cm³/mol. The molecule has 0 radical (unpaired) electrons. The standard InChI is InChI=1S/C13H15BrO2/c1-2-3-10-8-11(14)6-7-12(10)16-13(15)9-4-5-9/h6-9H,2-5H2,1H3. The second-order valence-electron chi connectivity index (χ2n) is 4.20. The Labute approximate surface area is 104 Å². The Kier molecular flexibility index (Phi) is 3.64. The highest BCUT2D eigenvalue weighted by Crippen LogP contribution is 2.32. The van der Waals surface area contributed by atoms with Crippen molar-refractivity contribution in [2.75, 3.05) is 0 Å². The van der Waals surface area contributed by atoms with Crippen molar-refractivity contribution in [3.63, 3.8) is 0 Å². The molecule has 1 aromatic carbocycles. The molecule has 0 aromatic heterocycles. The number of halogens is 1. The lowest BCUT2D eigenvalue weighted by Gasteiger charge is -2.09. The van der Waals surface area contributed by atoms with Crippen molar-refractivity contribution in [2.24, 2.45) is 5.92 Å². The summed E-state index contributed by atoms with van der Waals surface area (Å²) in [5.74, 6) is 0.805. The fourth-order valence-corrected chi connectivity index (χ4v) is 2.03. The molecule has 2 rings (SSSR count). The van der Waals surface area contributed by atoms with E-state index in [1.165, 1.54) is 0 Å². The van der Waals surface area contributed by atoms with E-state index < -0.39 is 0 Å². The van der Waals surface area contributed by atoms with Crippen molar-refractivity contribution in [2.45, 2.75) is 32.6 Å². The second-order valence-corrected chi connectivity index (χ2v) is 5.11. The first-order valence-electron chi connectivity index (χ1n) is 5.71. The van der Waals surface area contributed by atoms with E-state index in [4.69, 9.17) is 4.74 Å². The van der Waals surface area contributed by atoms with Gasteiger partial charge in [0, 0.05) is 4.47 Å². The van der Waals surface area contributed by atoms with Gasteiger partial charge in [-0.3, -0.25) is 4.79 Å². The van der Waals surface area contributed by atoms with E-state index in [0.717, 1.165) is 41.5 Å². The van der Waals surface area contributed by atoms with Crippen LogP contribution in [0, 0.1) is 5.92 Å². The summed E-state index contributed by atoms with van der Waals surface area (Å²) in [5, 5.41) is 0. The van der Waals surface area contributed by atoms with Crippen molar-refractivity contribution in [1.82, 2.24) is 0 Å². The largest absolute Gasteiger partial charge is 0.426 e. The molecule has 0 bridgehead atoms. The van der Waals surface area contributed by atoms with Crippen LogP contribution >= 0.6 is 15.9 Å². The highest BCUT2D eigenvalue weighted by atomic mass is 79.9. The van der Waals surface area contributed by atoms with E-state index in [9.17, 15) is 4.79 Å². The number of rotatable bonds is 4. The molecule has 0 aliphatic heterocycles. The minimum atomic E-state index is -0.0697. The highest BCUT2D eigenvalue weighted by Gasteiger charge is 2.31. The van der Waals surface area contributed by atoms with Crippen LogP contribution in [0.3, 0.4) is 0 Å². The number of benzene rings is 1. The van der Waals surface area contributed by atoms with Crippen LogP contribution in [0.5, 0.6) is 5.75 Å². The molecular formula is C13H15BrO2. The van der Waals surface area contributed by atoms with Gasteiger partial charge in [0.2, 0.25) is 0 Å². The maximum absolute atomic E-state index is 11.6. The highest BCUT2D eigenvalue weighted by molar-refractivity contribution is 9.10. The van der Waals surface area contributed by atoms with Gasteiger partial charge in [-0.15, -0.1) is 0 Å². The van der Waals surface area contributed by atoms with E-state index in [1.54, 1.807) is 0 Å². The molecule has 0 unspecified atom stereocenters. The van der Waals surface area contributed by atoms with Gasteiger partial charge in [-0.1, -0.05) is 29.3 Å². The number of aryl methyl sites for hydroxylation is 1. The first kappa shape index (κ1) is 11.6. The van der Waals surface area contributed by atoms with Gasteiger partial charge in [-0.25, -0.2) is 0 Å². The van der Waals surface area contributed by atoms with Gasteiger partial charge >= 0.3 is 5.97 Å². The van der Waals surface area contributed by atoms with Crippen LogP contribution in [0.25, 0.3) is 0 Å². The van der Waals surface area contributed by atoms with Crippen LogP contribution in [0.4, 0.5) is 0 Å². The molecule has 1 fully saturated rings. The van der Waals surface area contributed by atoms with Crippen LogP contribution in [-0.4, -0.2) is 5.97 Å². The molecule has 0 saturated heterocycles. The molecule has 2 nitrogen and oxygen atoms in total. The van der Waals surface area contributed by atoms with E-state index in [2.05, 4.69) is 22.9 Å². The molecule has 0 amide bonds. The first-order chi connectivity index (χ1) is 7.70. The summed E-state index contributed by atoms with van der Waals surface area (Å²) in [5.41, 5.74) is 1.10. The van der Waals surface area contributed by atoms with E-state index in [-0.39, 0.29) is 11.9 Å².